The first-order chi connectivity index (χ1) is 14.3. The van der Waals surface area contributed by atoms with E-state index in [1.165, 1.54) is 12.8 Å². The third-order valence-electron chi connectivity index (χ3n) is 5.34. The van der Waals surface area contributed by atoms with Crippen molar-refractivity contribution in [2.45, 2.75) is 46.5 Å². The fourth-order valence-corrected chi connectivity index (χ4v) is 3.12. The zero-order chi connectivity index (χ0) is 22.5. The van der Waals surface area contributed by atoms with Gasteiger partial charge in [0.1, 0.15) is 11.5 Å². The molecular weight excluding hydrogens is 372 g/mol. The second-order valence-corrected chi connectivity index (χ2v) is 7.73. The first-order valence-corrected chi connectivity index (χ1v) is 10.6. The normalized spacial score (nSPS) is 19.3. The monoisotopic (exact) mass is 410 g/mol. The number of hydrogen-bond acceptors (Lipinski definition) is 4. The first kappa shape index (κ1) is 25.2. The molecule has 164 valence electrons. The minimum atomic E-state index is 0.310. The van der Waals surface area contributed by atoms with Gasteiger partial charge in [0.15, 0.2) is 5.88 Å². The number of nitrogens with one attached hydrogen (secondary N) is 1. The van der Waals surface area contributed by atoms with Crippen LogP contribution < -0.4 is 11.1 Å². The highest BCUT2D eigenvalue weighted by molar-refractivity contribution is 5.97. The highest BCUT2D eigenvalue weighted by Crippen LogP contribution is 2.21. The van der Waals surface area contributed by atoms with Crippen LogP contribution in [0.1, 0.15) is 46.5 Å². The summed E-state index contributed by atoms with van der Waals surface area (Å²) in [6, 6.07) is 0. The van der Waals surface area contributed by atoms with Gasteiger partial charge in [0.2, 0.25) is 0 Å². The fourth-order valence-electron chi connectivity index (χ4n) is 3.12. The van der Waals surface area contributed by atoms with Crippen molar-refractivity contribution in [2.24, 2.45) is 22.6 Å². The Labute approximate surface area is 183 Å². The largest absolute Gasteiger partial charge is 0.480 e. The van der Waals surface area contributed by atoms with E-state index in [4.69, 9.17) is 16.9 Å². The second kappa shape index (κ2) is 13.4. The summed E-state index contributed by atoms with van der Waals surface area (Å²) in [6.45, 7) is 20.0. The SMILES string of the molecule is C#CC(=C)N=C(N)/C(C)=C(\C)N(C=C)CCCCOC(=C)NCC1C=CC(C)CC1. The van der Waals surface area contributed by atoms with Gasteiger partial charge in [0, 0.05) is 24.4 Å². The first-order valence-electron chi connectivity index (χ1n) is 10.6. The summed E-state index contributed by atoms with van der Waals surface area (Å²) in [5.74, 6) is 4.65. The Morgan fingerprint density at radius 2 is 2.07 bits per heavy atom. The van der Waals surface area contributed by atoms with E-state index in [0.717, 1.165) is 37.2 Å². The Kier molecular flexibility index (Phi) is 11.2. The number of unbranched alkanes of at least 4 members (excludes halogenated alkanes) is 1. The van der Waals surface area contributed by atoms with Crippen LogP contribution in [0.2, 0.25) is 0 Å². The third-order valence-corrected chi connectivity index (χ3v) is 5.34. The number of ether oxygens (including phenoxy) is 1. The van der Waals surface area contributed by atoms with Crippen LogP contribution in [-0.4, -0.2) is 30.4 Å². The van der Waals surface area contributed by atoms with Crippen LogP contribution in [0.15, 0.2) is 65.9 Å². The van der Waals surface area contributed by atoms with Crippen LogP contribution in [0.5, 0.6) is 0 Å². The summed E-state index contributed by atoms with van der Waals surface area (Å²) < 4.78 is 5.72. The van der Waals surface area contributed by atoms with E-state index in [2.05, 4.69) is 59.9 Å². The predicted octanol–water partition coefficient (Wildman–Crippen LogP) is 4.69. The van der Waals surface area contributed by atoms with Gasteiger partial charge in [-0.25, -0.2) is 4.99 Å². The smallest absolute Gasteiger partial charge is 0.179 e. The Balaban J connectivity index is 2.35. The average molecular weight is 411 g/mol. The molecule has 0 saturated carbocycles. The summed E-state index contributed by atoms with van der Waals surface area (Å²) in [7, 11) is 0. The van der Waals surface area contributed by atoms with Crippen molar-refractivity contribution in [3.8, 4) is 12.3 Å². The van der Waals surface area contributed by atoms with Crippen LogP contribution in [0.4, 0.5) is 0 Å². The molecule has 0 radical (unpaired) electrons. The lowest BCUT2D eigenvalue weighted by atomic mass is 9.90. The van der Waals surface area contributed by atoms with Gasteiger partial charge in [-0.2, -0.15) is 0 Å². The maximum atomic E-state index is 6.02. The number of nitrogens with two attached hydrogens (primary N) is 1. The van der Waals surface area contributed by atoms with Crippen LogP contribution in [-0.2, 0) is 4.74 Å². The van der Waals surface area contributed by atoms with Crippen molar-refractivity contribution in [2.75, 3.05) is 19.7 Å². The van der Waals surface area contributed by atoms with Crippen molar-refractivity contribution < 1.29 is 4.74 Å². The van der Waals surface area contributed by atoms with Crippen molar-refractivity contribution in [3.05, 3.63) is 60.9 Å². The van der Waals surface area contributed by atoms with Crippen molar-refractivity contribution in [1.82, 2.24) is 10.2 Å². The van der Waals surface area contributed by atoms with Crippen LogP contribution in [0, 0.1) is 24.2 Å². The molecule has 1 aliphatic carbocycles. The minimum Gasteiger partial charge on any atom is -0.480 e. The average Bonchev–Trinajstić information content (AvgIpc) is 2.74. The van der Waals surface area contributed by atoms with Gasteiger partial charge in [0.05, 0.1) is 6.61 Å². The van der Waals surface area contributed by atoms with E-state index in [1.54, 1.807) is 6.20 Å². The number of allylic oxidation sites excluding steroid dienone is 3. The van der Waals surface area contributed by atoms with E-state index in [0.29, 0.717) is 35.9 Å². The molecule has 0 heterocycles. The van der Waals surface area contributed by atoms with Gasteiger partial charge in [-0.15, -0.1) is 6.42 Å². The van der Waals surface area contributed by atoms with Gasteiger partial charge in [-0.1, -0.05) is 38.2 Å². The van der Waals surface area contributed by atoms with Gasteiger partial charge in [-0.3, -0.25) is 0 Å². The van der Waals surface area contributed by atoms with Crippen LogP contribution in [0.25, 0.3) is 0 Å². The molecule has 0 aliphatic heterocycles. The zero-order valence-electron chi connectivity index (χ0n) is 18.9. The molecular formula is C25H38N4O. The molecule has 5 heteroatoms. The van der Waals surface area contributed by atoms with Gasteiger partial charge < -0.3 is 20.7 Å². The Morgan fingerprint density at radius 3 is 2.67 bits per heavy atom. The van der Waals surface area contributed by atoms with Crippen molar-refractivity contribution in [3.63, 3.8) is 0 Å². The van der Waals surface area contributed by atoms with E-state index < -0.39 is 0 Å². The molecule has 0 aromatic heterocycles. The zero-order valence-corrected chi connectivity index (χ0v) is 18.9. The number of hydrogen-bond donors (Lipinski definition) is 2. The highest BCUT2D eigenvalue weighted by Gasteiger charge is 2.12. The molecule has 0 fully saturated rings. The number of aliphatic imine (C=N–C) groups is 1. The van der Waals surface area contributed by atoms with Gasteiger partial charge in [0.25, 0.3) is 0 Å². The number of rotatable bonds is 13. The summed E-state index contributed by atoms with van der Waals surface area (Å²) in [4.78, 5) is 6.18. The summed E-state index contributed by atoms with van der Waals surface area (Å²) >= 11 is 0. The predicted molar refractivity (Wildman–Crippen MR) is 128 cm³/mol. The minimum absolute atomic E-state index is 0.310. The molecule has 30 heavy (non-hydrogen) atoms. The molecule has 5 nitrogen and oxygen atoms in total. The topological polar surface area (TPSA) is 62.9 Å². The molecule has 0 saturated heterocycles. The standard InChI is InChI=1S/C25H38N4O/c1-8-20(4)28-25(26)21(5)22(6)29(9-2)16-10-11-17-30-23(7)27-18-24-14-12-19(3)13-15-24/h1,9,12,14,19,24,27H,2,4,7,10-11,13,15-18H2,3,5-6H3,(H2,26,28)/b22-21+. The lowest BCUT2D eigenvalue weighted by molar-refractivity contribution is 0.182. The summed E-state index contributed by atoms with van der Waals surface area (Å²) in [5.41, 5.74) is 8.17. The Hall–Kier alpha value is -2.87. The molecule has 0 spiro atoms. The fraction of sp³-hybridized carbons (Fsp3) is 0.480. The molecule has 1 aliphatic rings. The van der Waals surface area contributed by atoms with E-state index >= 15 is 0 Å². The molecule has 2 atom stereocenters. The van der Waals surface area contributed by atoms with Crippen molar-refractivity contribution >= 4 is 5.84 Å². The van der Waals surface area contributed by atoms with E-state index in [1.807, 2.05) is 13.8 Å². The van der Waals surface area contributed by atoms with Gasteiger partial charge >= 0.3 is 0 Å². The van der Waals surface area contributed by atoms with Crippen LogP contribution >= 0.6 is 0 Å². The third kappa shape index (κ3) is 9.09. The quantitative estimate of drug-likeness (QED) is 0.115. The van der Waals surface area contributed by atoms with E-state index in [9.17, 15) is 0 Å². The second-order valence-electron chi connectivity index (χ2n) is 7.73. The molecule has 0 bridgehead atoms. The Morgan fingerprint density at radius 1 is 1.33 bits per heavy atom. The number of amidine groups is 1. The lowest BCUT2D eigenvalue weighted by Gasteiger charge is -2.23. The highest BCUT2D eigenvalue weighted by atomic mass is 16.5. The molecule has 3 N–H and O–H groups in total. The molecule has 1 rings (SSSR count). The molecule has 2 unspecified atom stereocenters. The maximum absolute atomic E-state index is 6.02. The van der Waals surface area contributed by atoms with Gasteiger partial charge in [-0.05, 0) is 64.1 Å². The molecule has 0 aromatic carbocycles. The molecule has 0 amide bonds. The van der Waals surface area contributed by atoms with E-state index in [-0.39, 0.29) is 0 Å². The number of terminal acetylenes is 1. The molecule has 0 aromatic rings. The summed E-state index contributed by atoms with van der Waals surface area (Å²) in [6.07, 6.45) is 16.0. The lowest BCUT2D eigenvalue weighted by Crippen LogP contribution is -2.24. The van der Waals surface area contributed by atoms with Crippen molar-refractivity contribution in [1.29, 1.82) is 0 Å². The van der Waals surface area contributed by atoms with Crippen LogP contribution in [0.3, 0.4) is 0 Å². The number of nitrogens with zero attached hydrogens (tertiary/aromatic N) is 2. The summed E-state index contributed by atoms with van der Waals surface area (Å²) in [5, 5.41) is 3.29. The Bertz CT molecular complexity index is 739. The maximum Gasteiger partial charge on any atom is 0.179 e.